The molecule has 1 aliphatic rings. The van der Waals surface area contributed by atoms with Crippen LogP contribution in [0.5, 0.6) is 0 Å². The van der Waals surface area contributed by atoms with Crippen molar-refractivity contribution in [2.75, 3.05) is 39.2 Å². The fraction of sp³-hybridized carbons (Fsp3) is 0.375. The number of rotatable bonds is 8. The molecule has 0 unspecified atom stereocenters. The van der Waals surface area contributed by atoms with Gasteiger partial charge in [0.15, 0.2) is 17.8 Å². The summed E-state index contributed by atoms with van der Waals surface area (Å²) in [5.41, 5.74) is 3.01. The lowest BCUT2D eigenvalue weighted by molar-refractivity contribution is -0.118. The lowest BCUT2D eigenvalue weighted by Gasteiger charge is -2.33. The molecule has 0 atom stereocenters. The molecule has 5 rings (SSSR count). The minimum absolute atomic E-state index is 0.198. The number of hydrogen-bond donors (Lipinski definition) is 1. The molecule has 0 radical (unpaired) electrons. The molecule has 1 aromatic carbocycles. The van der Waals surface area contributed by atoms with E-state index in [1.165, 1.54) is 12.1 Å². The molecule has 1 saturated heterocycles. The summed E-state index contributed by atoms with van der Waals surface area (Å²) in [7, 11) is 3.33. The van der Waals surface area contributed by atoms with E-state index in [2.05, 4.69) is 25.3 Å². The van der Waals surface area contributed by atoms with Crippen LogP contribution in [0.2, 0.25) is 0 Å². The van der Waals surface area contributed by atoms with Crippen LogP contribution in [-0.4, -0.2) is 69.2 Å². The van der Waals surface area contributed by atoms with Gasteiger partial charge in [0.2, 0.25) is 0 Å². The number of hydrogen-bond acceptors (Lipinski definition) is 7. The second-order valence-electron chi connectivity index (χ2n) is 8.39. The Kier molecular flexibility index (Phi) is 6.52. The number of nitrogens with one attached hydrogen (secondary N) is 1. The molecule has 34 heavy (non-hydrogen) atoms. The number of piperidine rings is 1. The minimum atomic E-state index is -0.288. The highest BCUT2D eigenvalue weighted by Gasteiger charge is 2.23. The van der Waals surface area contributed by atoms with E-state index in [4.69, 9.17) is 9.47 Å². The SMILES string of the molecule is COC(CN1CCC(n2cc(Nc3ncc(-c4cccc(F)c4)n4ccnc34)cn2)CC1)OC. The van der Waals surface area contributed by atoms with Gasteiger partial charge >= 0.3 is 0 Å². The number of aromatic nitrogens is 5. The van der Waals surface area contributed by atoms with Crippen molar-refractivity contribution in [1.82, 2.24) is 29.0 Å². The molecule has 9 nitrogen and oxygen atoms in total. The van der Waals surface area contributed by atoms with Crippen molar-refractivity contribution in [2.24, 2.45) is 0 Å². The van der Waals surface area contributed by atoms with Crippen LogP contribution in [0.15, 0.2) is 55.2 Å². The second kappa shape index (κ2) is 9.88. The average Bonchev–Trinajstić information content (AvgIpc) is 3.53. The molecular formula is C24H28FN7O2. The van der Waals surface area contributed by atoms with Gasteiger partial charge in [0.05, 0.1) is 29.8 Å². The van der Waals surface area contributed by atoms with E-state index >= 15 is 0 Å². The first kappa shape index (κ1) is 22.5. The van der Waals surface area contributed by atoms with Gasteiger partial charge in [-0.1, -0.05) is 12.1 Å². The molecule has 1 aliphatic heterocycles. The van der Waals surface area contributed by atoms with Crippen LogP contribution in [0, 0.1) is 5.82 Å². The maximum atomic E-state index is 13.7. The van der Waals surface area contributed by atoms with Gasteiger partial charge in [-0.05, 0) is 25.0 Å². The first-order chi connectivity index (χ1) is 16.6. The Morgan fingerprint density at radius 1 is 1.15 bits per heavy atom. The van der Waals surface area contributed by atoms with Gasteiger partial charge in [0, 0.05) is 58.0 Å². The van der Waals surface area contributed by atoms with Crippen LogP contribution < -0.4 is 5.32 Å². The van der Waals surface area contributed by atoms with Gasteiger partial charge < -0.3 is 14.8 Å². The highest BCUT2D eigenvalue weighted by molar-refractivity contribution is 5.73. The van der Waals surface area contributed by atoms with Crippen LogP contribution in [0.25, 0.3) is 16.9 Å². The van der Waals surface area contributed by atoms with E-state index in [-0.39, 0.29) is 12.1 Å². The zero-order valence-corrected chi connectivity index (χ0v) is 19.3. The summed E-state index contributed by atoms with van der Waals surface area (Å²) in [6.07, 6.45) is 10.9. The molecule has 0 aliphatic carbocycles. The van der Waals surface area contributed by atoms with Crippen molar-refractivity contribution in [1.29, 1.82) is 0 Å². The van der Waals surface area contributed by atoms with E-state index in [1.54, 1.807) is 38.9 Å². The van der Waals surface area contributed by atoms with Gasteiger partial charge in [-0.15, -0.1) is 0 Å². The number of imidazole rings is 1. The molecule has 3 aromatic heterocycles. The normalized spacial score (nSPS) is 15.4. The number of nitrogens with zero attached hydrogens (tertiary/aromatic N) is 6. The Hall–Kier alpha value is -3.34. The zero-order valence-electron chi connectivity index (χ0n) is 19.3. The monoisotopic (exact) mass is 465 g/mol. The molecular weight excluding hydrogens is 437 g/mol. The molecule has 0 spiro atoms. The highest BCUT2D eigenvalue weighted by atomic mass is 19.1. The molecule has 1 fully saturated rings. The largest absolute Gasteiger partial charge is 0.355 e. The zero-order chi connectivity index (χ0) is 23.5. The third-order valence-electron chi connectivity index (χ3n) is 6.28. The van der Waals surface area contributed by atoms with Gasteiger partial charge in [-0.25, -0.2) is 14.4 Å². The third-order valence-corrected chi connectivity index (χ3v) is 6.28. The van der Waals surface area contributed by atoms with Gasteiger partial charge in [-0.2, -0.15) is 5.10 Å². The predicted octanol–water partition coefficient (Wildman–Crippen LogP) is 3.73. The summed E-state index contributed by atoms with van der Waals surface area (Å²) >= 11 is 0. The number of halogens is 1. The summed E-state index contributed by atoms with van der Waals surface area (Å²) in [4.78, 5) is 11.4. The molecule has 178 valence electrons. The van der Waals surface area contributed by atoms with Crippen molar-refractivity contribution in [3.05, 3.63) is 61.1 Å². The van der Waals surface area contributed by atoms with Crippen LogP contribution >= 0.6 is 0 Å². The van der Waals surface area contributed by atoms with Crippen molar-refractivity contribution in [3.63, 3.8) is 0 Å². The predicted molar refractivity (Wildman–Crippen MR) is 126 cm³/mol. The third kappa shape index (κ3) is 4.65. The number of likely N-dealkylation sites (tertiary alicyclic amines) is 1. The Morgan fingerprint density at radius 3 is 2.74 bits per heavy atom. The Bertz CT molecular complexity index is 1250. The van der Waals surface area contributed by atoms with Crippen LogP contribution in [0.4, 0.5) is 15.9 Å². The number of ether oxygens (including phenoxy) is 2. The van der Waals surface area contributed by atoms with Crippen molar-refractivity contribution in [3.8, 4) is 11.3 Å². The van der Waals surface area contributed by atoms with E-state index in [9.17, 15) is 4.39 Å². The van der Waals surface area contributed by atoms with Crippen LogP contribution in [0.1, 0.15) is 18.9 Å². The number of anilines is 2. The molecule has 4 aromatic rings. The van der Waals surface area contributed by atoms with Crippen molar-refractivity contribution in [2.45, 2.75) is 25.2 Å². The number of benzene rings is 1. The van der Waals surface area contributed by atoms with Crippen LogP contribution in [-0.2, 0) is 9.47 Å². The lowest BCUT2D eigenvalue weighted by atomic mass is 10.1. The van der Waals surface area contributed by atoms with E-state index < -0.39 is 0 Å². The number of methoxy groups -OCH3 is 2. The number of fused-ring (bicyclic) bond motifs is 1. The molecule has 0 amide bonds. The summed E-state index contributed by atoms with van der Waals surface area (Å²) in [5.74, 6) is 0.327. The average molecular weight is 466 g/mol. The standard InChI is InChI=1S/C24H28FN7O2/c1-33-22(34-2)16-30-9-6-20(7-10-30)32-15-19(13-28-32)29-23-24-26-8-11-31(24)21(14-27-23)17-4-3-5-18(25)12-17/h3-5,8,11-15,20,22H,6-7,9-10,16H2,1-2H3,(H,27,29). The fourth-order valence-electron chi connectivity index (χ4n) is 4.43. The van der Waals surface area contributed by atoms with Gasteiger partial charge in [0.1, 0.15) is 5.82 Å². The Labute approximate surface area is 197 Å². The smallest absolute Gasteiger partial charge is 0.180 e. The summed E-state index contributed by atoms with van der Waals surface area (Å²) in [6, 6.07) is 6.79. The summed E-state index contributed by atoms with van der Waals surface area (Å²) in [5, 5.41) is 7.92. The topological polar surface area (TPSA) is 81.7 Å². The van der Waals surface area contributed by atoms with Gasteiger partial charge in [0.25, 0.3) is 0 Å². The highest BCUT2D eigenvalue weighted by Crippen LogP contribution is 2.27. The second-order valence-corrected chi connectivity index (χ2v) is 8.39. The van der Waals surface area contributed by atoms with Crippen molar-refractivity contribution < 1.29 is 13.9 Å². The molecule has 10 heteroatoms. The summed E-state index contributed by atoms with van der Waals surface area (Å²) in [6.45, 7) is 2.70. The maximum absolute atomic E-state index is 13.7. The van der Waals surface area contributed by atoms with E-state index in [1.807, 2.05) is 27.5 Å². The van der Waals surface area contributed by atoms with Crippen LogP contribution in [0.3, 0.4) is 0 Å². The first-order valence-electron chi connectivity index (χ1n) is 11.3. The molecule has 1 N–H and O–H groups in total. The maximum Gasteiger partial charge on any atom is 0.180 e. The molecule has 0 bridgehead atoms. The molecule has 0 saturated carbocycles. The lowest BCUT2D eigenvalue weighted by Crippen LogP contribution is -2.40. The molecule has 4 heterocycles. The minimum Gasteiger partial charge on any atom is -0.355 e. The van der Waals surface area contributed by atoms with Crippen molar-refractivity contribution >= 4 is 17.2 Å². The Balaban J connectivity index is 1.28. The van der Waals surface area contributed by atoms with Gasteiger partial charge in [-0.3, -0.25) is 14.0 Å². The quantitative estimate of drug-likeness (QED) is 0.397. The van der Waals surface area contributed by atoms with E-state index in [0.717, 1.165) is 49.4 Å². The van der Waals surface area contributed by atoms with E-state index in [0.29, 0.717) is 17.5 Å². The first-order valence-corrected chi connectivity index (χ1v) is 11.3. The summed E-state index contributed by atoms with van der Waals surface area (Å²) < 4.78 is 28.3. The fourth-order valence-corrected chi connectivity index (χ4v) is 4.43. The Morgan fingerprint density at radius 2 is 1.97 bits per heavy atom.